The van der Waals surface area contributed by atoms with Crippen LogP contribution in [0.2, 0.25) is 0 Å². The third kappa shape index (κ3) is 4.89. The molecule has 1 saturated heterocycles. The minimum atomic E-state index is -0.684. The summed E-state index contributed by atoms with van der Waals surface area (Å²) < 4.78 is 0.932. The summed E-state index contributed by atoms with van der Waals surface area (Å²) in [6.45, 7) is 0.609. The van der Waals surface area contributed by atoms with Crippen molar-refractivity contribution in [3.8, 4) is 0 Å². The largest absolute Gasteiger partial charge is 0.355 e. The summed E-state index contributed by atoms with van der Waals surface area (Å²) in [5.41, 5.74) is 1.26. The van der Waals surface area contributed by atoms with Crippen molar-refractivity contribution in [1.82, 2.24) is 10.3 Å². The number of nitrogens with one attached hydrogen (secondary N) is 3. The highest BCUT2D eigenvalue weighted by atomic mass is 79.9. The fourth-order valence-corrected chi connectivity index (χ4v) is 3.54. The zero-order chi connectivity index (χ0) is 18.5. The van der Waals surface area contributed by atoms with E-state index in [9.17, 15) is 14.4 Å². The van der Waals surface area contributed by atoms with Crippen LogP contribution in [0.5, 0.6) is 0 Å². The fourth-order valence-electron chi connectivity index (χ4n) is 2.56. The number of hydrogen-bond donors (Lipinski definition) is 3. The molecule has 1 aliphatic rings. The highest BCUT2D eigenvalue weighted by molar-refractivity contribution is 9.10. The molecule has 3 amide bonds. The maximum Gasteiger partial charge on any atom is 0.238 e. The molecule has 1 aromatic carbocycles. The number of benzene rings is 1. The monoisotopic (exact) mass is 436 g/mol. The molecule has 1 atom stereocenters. The maximum atomic E-state index is 12.2. The lowest BCUT2D eigenvalue weighted by molar-refractivity contribution is -0.134. The molecule has 0 radical (unpaired) electrons. The van der Waals surface area contributed by atoms with Gasteiger partial charge in [-0.25, -0.2) is 4.98 Å². The summed E-state index contributed by atoms with van der Waals surface area (Å²) in [6.07, 6.45) is 1.42. The minimum Gasteiger partial charge on any atom is -0.355 e. The van der Waals surface area contributed by atoms with Crippen LogP contribution in [-0.4, -0.2) is 29.3 Å². The second-order valence-corrected chi connectivity index (χ2v) is 7.62. The van der Waals surface area contributed by atoms with Crippen LogP contribution in [-0.2, 0) is 20.8 Å². The van der Waals surface area contributed by atoms with Crippen LogP contribution >= 0.6 is 27.3 Å². The van der Waals surface area contributed by atoms with Crippen molar-refractivity contribution in [1.29, 1.82) is 0 Å². The van der Waals surface area contributed by atoms with E-state index in [0.717, 1.165) is 10.9 Å². The van der Waals surface area contributed by atoms with Crippen LogP contribution in [0.3, 0.4) is 0 Å². The molecule has 3 rings (SSSR count). The molecule has 9 heteroatoms. The van der Waals surface area contributed by atoms with Gasteiger partial charge in [-0.3, -0.25) is 14.4 Å². The minimum absolute atomic E-state index is 0.104. The van der Waals surface area contributed by atoms with Crippen molar-refractivity contribution in [3.63, 3.8) is 0 Å². The Kier molecular flexibility index (Phi) is 6.00. The van der Waals surface area contributed by atoms with Gasteiger partial charge in [-0.2, -0.15) is 0 Å². The van der Waals surface area contributed by atoms with E-state index in [1.807, 2.05) is 12.1 Å². The summed E-state index contributed by atoms with van der Waals surface area (Å²) in [7, 11) is 0. The van der Waals surface area contributed by atoms with Crippen molar-refractivity contribution >= 4 is 55.8 Å². The van der Waals surface area contributed by atoms with Crippen LogP contribution in [0.15, 0.2) is 34.1 Å². The first kappa shape index (κ1) is 18.5. The van der Waals surface area contributed by atoms with Crippen LogP contribution in [0, 0.1) is 5.92 Å². The van der Waals surface area contributed by atoms with E-state index in [1.165, 1.54) is 11.3 Å². The molecule has 1 unspecified atom stereocenters. The van der Waals surface area contributed by atoms with Gasteiger partial charge < -0.3 is 16.0 Å². The van der Waals surface area contributed by atoms with E-state index in [-0.39, 0.29) is 24.1 Å². The Bertz CT molecular complexity index is 822. The van der Waals surface area contributed by atoms with Crippen molar-refractivity contribution in [2.45, 2.75) is 19.3 Å². The first-order chi connectivity index (χ1) is 12.5. The average Bonchev–Trinajstić information content (AvgIpc) is 3.04. The van der Waals surface area contributed by atoms with Gasteiger partial charge in [0.15, 0.2) is 5.13 Å². The number of carbonyl (C=O) groups is 3. The first-order valence-electron chi connectivity index (χ1n) is 8.09. The molecule has 0 saturated carbocycles. The van der Waals surface area contributed by atoms with Crippen molar-refractivity contribution < 1.29 is 14.4 Å². The molecule has 1 aliphatic heterocycles. The van der Waals surface area contributed by atoms with Crippen molar-refractivity contribution in [2.75, 3.05) is 17.2 Å². The van der Waals surface area contributed by atoms with E-state index in [2.05, 4.69) is 36.9 Å². The number of thiazole rings is 1. The van der Waals surface area contributed by atoms with Crippen LogP contribution in [0.1, 0.15) is 18.5 Å². The number of nitrogens with zero attached hydrogens (tertiary/aromatic N) is 1. The van der Waals surface area contributed by atoms with Gasteiger partial charge in [0.1, 0.15) is 5.92 Å². The molecule has 0 bridgehead atoms. The highest BCUT2D eigenvalue weighted by Crippen LogP contribution is 2.20. The number of amides is 3. The molecular formula is C17H17BrN4O3S. The number of carbonyl (C=O) groups excluding carboxylic acids is 3. The summed E-state index contributed by atoms with van der Waals surface area (Å²) in [6, 6.07) is 7.27. The zero-order valence-corrected chi connectivity index (χ0v) is 16.2. The Morgan fingerprint density at radius 2 is 2.04 bits per heavy atom. The van der Waals surface area contributed by atoms with E-state index in [0.29, 0.717) is 29.5 Å². The summed E-state index contributed by atoms with van der Waals surface area (Å²) in [5.74, 6) is -1.49. The van der Waals surface area contributed by atoms with Crippen LogP contribution in [0.4, 0.5) is 10.8 Å². The molecular weight excluding hydrogens is 420 g/mol. The second kappa shape index (κ2) is 8.41. The van der Waals surface area contributed by atoms with Crippen LogP contribution < -0.4 is 16.0 Å². The lowest BCUT2D eigenvalue weighted by Crippen LogP contribution is -2.42. The molecule has 7 nitrogen and oxygen atoms in total. The number of aromatic nitrogens is 1. The molecule has 2 heterocycles. The quantitative estimate of drug-likeness (QED) is 0.626. The number of rotatable bonds is 5. The molecule has 26 heavy (non-hydrogen) atoms. The molecule has 1 aromatic heterocycles. The van der Waals surface area contributed by atoms with Gasteiger partial charge in [-0.1, -0.05) is 15.9 Å². The Labute approximate surface area is 162 Å². The fraction of sp³-hybridized carbons (Fsp3) is 0.294. The van der Waals surface area contributed by atoms with Gasteiger partial charge in [0.2, 0.25) is 17.7 Å². The smallest absolute Gasteiger partial charge is 0.238 e. The van der Waals surface area contributed by atoms with Gasteiger partial charge in [-0.15, -0.1) is 11.3 Å². The van der Waals surface area contributed by atoms with E-state index >= 15 is 0 Å². The van der Waals surface area contributed by atoms with Gasteiger partial charge in [0.05, 0.1) is 12.1 Å². The van der Waals surface area contributed by atoms with E-state index in [1.54, 1.807) is 17.5 Å². The topological polar surface area (TPSA) is 100 Å². The Balaban J connectivity index is 1.54. The van der Waals surface area contributed by atoms with Gasteiger partial charge >= 0.3 is 0 Å². The highest BCUT2D eigenvalue weighted by Gasteiger charge is 2.29. The molecule has 0 aliphatic carbocycles. The SMILES string of the molecule is O=C(Cc1csc(NC(=O)C2CCCNC2=O)n1)Nc1ccc(Br)cc1. The Morgan fingerprint density at radius 3 is 2.77 bits per heavy atom. The lowest BCUT2D eigenvalue weighted by atomic mass is 9.98. The lowest BCUT2D eigenvalue weighted by Gasteiger charge is -2.20. The number of piperidine rings is 1. The molecule has 0 spiro atoms. The summed E-state index contributed by atoms with van der Waals surface area (Å²) >= 11 is 4.57. The van der Waals surface area contributed by atoms with Gasteiger partial charge in [0, 0.05) is 22.1 Å². The molecule has 2 aromatic rings. The normalized spacial score (nSPS) is 16.7. The first-order valence-corrected chi connectivity index (χ1v) is 9.77. The number of hydrogen-bond acceptors (Lipinski definition) is 5. The molecule has 1 fully saturated rings. The molecule has 3 N–H and O–H groups in total. The van der Waals surface area contributed by atoms with Crippen molar-refractivity contribution in [2.24, 2.45) is 5.92 Å². The number of halogens is 1. The van der Waals surface area contributed by atoms with Gasteiger partial charge in [0.25, 0.3) is 0 Å². The predicted molar refractivity (Wildman–Crippen MR) is 103 cm³/mol. The summed E-state index contributed by atoms with van der Waals surface area (Å²) in [5, 5.41) is 10.2. The predicted octanol–water partition coefficient (Wildman–Crippen LogP) is 2.55. The maximum absolute atomic E-state index is 12.2. The second-order valence-electron chi connectivity index (χ2n) is 5.85. The molecule has 136 valence electrons. The van der Waals surface area contributed by atoms with E-state index in [4.69, 9.17) is 0 Å². The average molecular weight is 437 g/mol. The number of anilines is 2. The van der Waals surface area contributed by atoms with Crippen LogP contribution in [0.25, 0.3) is 0 Å². The Morgan fingerprint density at radius 1 is 1.27 bits per heavy atom. The zero-order valence-electron chi connectivity index (χ0n) is 13.8. The Hall–Kier alpha value is -2.26. The standard InChI is InChI=1S/C17H17BrN4O3S/c18-10-3-5-11(6-4-10)20-14(23)8-12-9-26-17(21-12)22-16(25)13-2-1-7-19-15(13)24/h3-6,9,13H,1-2,7-8H2,(H,19,24)(H,20,23)(H,21,22,25). The van der Waals surface area contributed by atoms with Crippen molar-refractivity contribution in [3.05, 3.63) is 39.8 Å². The third-order valence-corrected chi connectivity index (χ3v) is 5.19. The third-order valence-electron chi connectivity index (χ3n) is 3.85. The summed E-state index contributed by atoms with van der Waals surface area (Å²) in [4.78, 5) is 40.3. The van der Waals surface area contributed by atoms with E-state index < -0.39 is 5.92 Å². The van der Waals surface area contributed by atoms with Gasteiger partial charge in [-0.05, 0) is 37.1 Å².